The molecule has 0 unspecified atom stereocenters. The molecule has 0 spiro atoms. The van der Waals surface area contributed by atoms with E-state index >= 15 is 0 Å². The maximum atomic E-state index is 2.82. The number of benzene rings is 8. The van der Waals surface area contributed by atoms with Crippen LogP contribution in [-0.2, 0) is 16.2 Å². The van der Waals surface area contributed by atoms with Crippen molar-refractivity contribution < 1.29 is 0 Å². The molecule has 8 aromatic carbocycles. The smallest absolute Gasteiger partial charge is 0.343 e. The monoisotopic (exact) mass is 912 g/mol. The fourth-order valence-corrected chi connectivity index (χ4v) is 19.3. The first-order chi connectivity index (χ1) is 32.8. The number of hydrogen-bond acceptors (Lipinski definition) is 3. The van der Waals surface area contributed by atoms with Gasteiger partial charge in [0.25, 0.3) is 0 Å². The third kappa shape index (κ3) is 5.75. The molecule has 0 bridgehead atoms. The van der Waals surface area contributed by atoms with Crippen LogP contribution in [0.1, 0.15) is 83.6 Å². The maximum Gasteiger partial charge on any atom is 0.343 e. The van der Waals surface area contributed by atoms with E-state index in [9.17, 15) is 0 Å². The van der Waals surface area contributed by atoms with Crippen molar-refractivity contribution in [1.29, 1.82) is 0 Å². The Morgan fingerprint density at radius 2 is 1.16 bits per heavy atom. The summed E-state index contributed by atoms with van der Waals surface area (Å²) >= 11 is 2.04. The molecule has 9 aromatic rings. The molecule has 0 saturated heterocycles. The number of anilines is 5. The van der Waals surface area contributed by atoms with E-state index in [1.54, 1.807) is 0 Å². The lowest BCUT2D eigenvalue weighted by molar-refractivity contribution is 0.332. The molecule has 4 heterocycles. The summed E-state index contributed by atoms with van der Waals surface area (Å²) in [5, 5.41) is 7.12. The Morgan fingerprint density at radius 1 is 0.544 bits per heavy atom. The van der Waals surface area contributed by atoms with Gasteiger partial charge in [0.1, 0.15) is 0 Å². The number of aryl methyl sites for hydroxylation is 1. The lowest BCUT2D eigenvalue weighted by atomic mass is 9.46. The van der Waals surface area contributed by atoms with Crippen LogP contribution in [0.3, 0.4) is 0 Å². The first kappa shape index (κ1) is 41.8. The van der Waals surface area contributed by atoms with Crippen molar-refractivity contribution in [3.63, 3.8) is 0 Å². The van der Waals surface area contributed by atoms with Gasteiger partial charge in [-0.15, -0.1) is 11.3 Å². The highest BCUT2D eigenvalue weighted by Crippen LogP contribution is 2.55. The van der Waals surface area contributed by atoms with Crippen molar-refractivity contribution in [2.45, 2.75) is 84.5 Å². The van der Waals surface area contributed by atoms with Gasteiger partial charge in [0.15, 0.2) is 8.07 Å². The summed E-state index contributed by atoms with van der Waals surface area (Å²) in [7, 11) is -2.86. The molecule has 13 rings (SSSR count). The molecule has 0 radical (unpaired) electrons. The lowest BCUT2D eigenvalue weighted by Gasteiger charge is -2.52. The van der Waals surface area contributed by atoms with Gasteiger partial charge in [0.05, 0.1) is 11.4 Å². The molecule has 0 N–H and O–H groups in total. The average molecular weight is 913 g/mol. The van der Waals surface area contributed by atoms with Gasteiger partial charge >= 0.3 is 6.85 Å². The molecule has 1 aliphatic carbocycles. The molecule has 5 heteroatoms. The standard InChI is InChI=1S/C63H57BN2SSi/c1-40-35-47-45-27-20-30-56-58(45)66(52-28-18-19-29-55(52)68(56,43-23-14-10-15-24-43)44-25-16-11-17-26-44)64-57(47)53(36-40)65(51-32-31-42(61(2,3)4)37-46(51)41-21-12-9-13-22-41)59-48-38-49-50(39-54(48)67-60(59)64)63(7,8)34-33-62(49,5)6/h9-32,35-39H,33-34H2,1-8H3. The van der Waals surface area contributed by atoms with Crippen LogP contribution in [-0.4, -0.2) is 14.9 Å². The molecule has 2 nitrogen and oxygen atoms in total. The van der Waals surface area contributed by atoms with Gasteiger partial charge in [0.2, 0.25) is 0 Å². The third-order valence-electron chi connectivity index (χ3n) is 16.3. The van der Waals surface area contributed by atoms with E-state index in [1.807, 2.05) is 11.3 Å². The van der Waals surface area contributed by atoms with Crippen LogP contribution in [0.5, 0.6) is 0 Å². The minimum Gasteiger partial charge on any atom is -0.376 e. The Balaban J connectivity index is 1.19. The Kier molecular flexibility index (Phi) is 8.94. The van der Waals surface area contributed by atoms with Crippen LogP contribution in [0.15, 0.2) is 176 Å². The predicted molar refractivity (Wildman–Crippen MR) is 297 cm³/mol. The molecule has 0 saturated carbocycles. The summed E-state index contributed by atoms with van der Waals surface area (Å²) < 4.78 is 2.79. The minimum absolute atomic E-state index is 0.0175. The first-order valence-electron chi connectivity index (χ1n) is 24.7. The largest absolute Gasteiger partial charge is 0.376 e. The SMILES string of the molecule is Cc1cc2c3c(c1)N(c1ccc(C(C)(C)C)cc1-c1ccccc1)c1c(sc4cc5c(cc14)C(C)(C)CCC5(C)C)B3N1c3ccccc3[Si](c3ccccc3)(c3ccccc3)c3cccc-2c31. The number of rotatable bonds is 4. The normalized spacial score (nSPS) is 16.7. The van der Waals surface area contributed by atoms with E-state index in [-0.39, 0.29) is 23.1 Å². The molecule has 0 fully saturated rings. The van der Waals surface area contributed by atoms with Crippen molar-refractivity contribution in [1.82, 2.24) is 0 Å². The summed E-state index contributed by atoms with van der Waals surface area (Å²) in [4.78, 5) is 5.54. The topological polar surface area (TPSA) is 6.48 Å². The molecular weight excluding hydrogens is 856 g/mol. The second-order valence-corrected chi connectivity index (χ2v) is 27.2. The van der Waals surface area contributed by atoms with Gasteiger partial charge in [-0.1, -0.05) is 188 Å². The van der Waals surface area contributed by atoms with Gasteiger partial charge in [0, 0.05) is 43.1 Å². The van der Waals surface area contributed by atoms with Crippen LogP contribution >= 0.6 is 11.3 Å². The third-order valence-corrected chi connectivity index (χ3v) is 22.4. The van der Waals surface area contributed by atoms with E-state index in [4.69, 9.17) is 0 Å². The Hall–Kier alpha value is -6.40. The number of para-hydroxylation sites is 2. The van der Waals surface area contributed by atoms with Crippen molar-refractivity contribution >= 4 is 95.8 Å². The molecule has 3 aliphatic heterocycles. The van der Waals surface area contributed by atoms with Gasteiger partial charge < -0.3 is 9.71 Å². The average Bonchev–Trinajstić information content (AvgIpc) is 3.72. The highest BCUT2D eigenvalue weighted by atomic mass is 32.1. The van der Waals surface area contributed by atoms with Crippen LogP contribution in [0.4, 0.5) is 28.4 Å². The van der Waals surface area contributed by atoms with Crippen molar-refractivity contribution in [2.75, 3.05) is 9.71 Å². The number of thiophene rings is 1. The first-order valence-corrected chi connectivity index (χ1v) is 27.5. The summed E-state index contributed by atoms with van der Waals surface area (Å²) in [5.74, 6) is 0. The summed E-state index contributed by atoms with van der Waals surface area (Å²) in [5.41, 5.74) is 18.9. The van der Waals surface area contributed by atoms with Crippen LogP contribution < -0.4 is 40.7 Å². The van der Waals surface area contributed by atoms with Crippen LogP contribution in [0.25, 0.3) is 32.3 Å². The second-order valence-electron chi connectivity index (χ2n) is 22.4. The Bertz CT molecular complexity index is 3490. The van der Waals surface area contributed by atoms with E-state index in [1.165, 1.54) is 127 Å². The Labute approximate surface area is 408 Å². The zero-order chi connectivity index (χ0) is 46.5. The van der Waals surface area contributed by atoms with E-state index in [2.05, 4.69) is 241 Å². The minimum atomic E-state index is -2.86. The zero-order valence-electron chi connectivity index (χ0n) is 40.5. The van der Waals surface area contributed by atoms with Crippen LogP contribution in [0.2, 0.25) is 0 Å². The van der Waals surface area contributed by atoms with Gasteiger partial charge in [-0.25, -0.2) is 0 Å². The predicted octanol–water partition coefficient (Wildman–Crippen LogP) is 12.9. The van der Waals surface area contributed by atoms with Gasteiger partial charge in [-0.2, -0.15) is 0 Å². The van der Waals surface area contributed by atoms with Crippen molar-refractivity contribution in [2.24, 2.45) is 0 Å². The summed E-state index contributed by atoms with van der Waals surface area (Å²) in [6.07, 6.45) is 2.36. The van der Waals surface area contributed by atoms with E-state index < -0.39 is 8.07 Å². The summed E-state index contributed by atoms with van der Waals surface area (Å²) in [6.45, 7) is 19.2. The molecule has 1 aromatic heterocycles. The molecule has 68 heavy (non-hydrogen) atoms. The van der Waals surface area contributed by atoms with E-state index in [0.29, 0.717) is 0 Å². The fraction of sp³-hybridized carbons (Fsp3) is 0.206. The number of nitrogens with zero attached hydrogens (tertiary/aromatic N) is 2. The van der Waals surface area contributed by atoms with Crippen molar-refractivity contribution in [3.8, 4) is 22.3 Å². The zero-order valence-corrected chi connectivity index (χ0v) is 42.4. The van der Waals surface area contributed by atoms with Crippen molar-refractivity contribution in [3.05, 3.63) is 198 Å². The fourth-order valence-electron chi connectivity index (χ4n) is 12.9. The molecule has 0 amide bonds. The Morgan fingerprint density at radius 3 is 1.84 bits per heavy atom. The van der Waals surface area contributed by atoms with E-state index in [0.717, 1.165) is 0 Å². The highest BCUT2D eigenvalue weighted by Gasteiger charge is 2.55. The molecule has 332 valence electrons. The molecular formula is C63H57BN2SSi. The maximum absolute atomic E-state index is 2.86. The number of hydrogen-bond donors (Lipinski definition) is 0. The van der Waals surface area contributed by atoms with Gasteiger partial charge in [-0.3, -0.25) is 0 Å². The highest BCUT2D eigenvalue weighted by molar-refractivity contribution is 7.33. The summed E-state index contributed by atoms with van der Waals surface area (Å²) in [6, 6.07) is 68.5. The second kappa shape index (κ2) is 14.6. The lowest BCUT2D eigenvalue weighted by Crippen LogP contribution is -2.79. The molecule has 4 aliphatic rings. The number of fused-ring (bicyclic) bond motifs is 9. The quantitative estimate of drug-likeness (QED) is 0.162. The molecule has 0 atom stereocenters. The van der Waals surface area contributed by atoms with Crippen LogP contribution in [0, 0.1) is 6.92 Å². The van der Waals surface area contributed by atoms with Gasteiger partial charge in [-0.05, 0) is 132 Å².